The third-order valence-corrected chi connectivity index (χ3v) is 6.69. The molecule has 6 nitrogen and oxygen atoms in total. The minimum absolute atomic E-state index is 0.167. The van der Waals surface area contributed by atoms with E-state index in [-0.39, 0.29) is 11.9 Å². The molecule has 0 aliphatic heterocycles. The van der Waals surface area contributed by atoms with Crippen LogP contribution in [0.4, 0.5) is 0 Å². The number of hydrogen-bond donors (Lipinski definition) is 2. The van der Waals surface area contributed by atoms with Crippen molar-refractivity contribution in [1.29, 1.82) is 0 Å². The summed E-state index contributed by atoms with van der Waals surface area (Å²) in [6.07, 6.45) is 30.9. The maximum atomic E-state index is 11.5. The van der Waals surface area contributed by atoms with E-state index >= 15 is 0 Å². The molecule has 48 heavy (non-hydrogen) atoms. The lowest BCUT2D eigenvalue weighted by Gasteiger charge is -2.01. The first-order chi connectivity index (χ1) is 22.9. The molecule has 0 aromatic rings. The first kappa shape index (κ1) is 58.8. The van der Waals surface area contributed by atoms with Crippen molar-refractivity contribution >= 4 is 23.6 Å². The molecule has 2 N–H and O–H groups in total. The Hall–Kier alpha value is -1.40. The second kappa shape index (κ2) is 60.9. The lowest BCUT2D eigenvalue weighted by molar-refractivity contribution is -0.119. The standard InChI is InChI=1S/C15H30O.C9H18O.C6H14O.C6H12O.C3H8O.C3H6O/c1-3-5-7-9-11-13-15(16)14-12-10-8-6-4-2;1-3-4-5-6-7-8-9(2)10;2*1-2-3-4-5-6-7;2*1-3(2)4/h3-14H2,1-2H3;3-8H2,1-2H3;7H,2-6H2,1H3;6H,2-5H2,1H3;3-4H,1-2H3;1-2H3. The van der Waals surface area contributed by atoms with E-state index in [1.54, 1.807) is 20.8 Å². The molecule has 0 aromatic heterocycles. The molecule has 0 rings (SSSR count). The lowest BCUT2D eigenvalue weighted by Crippen LogP contribution is -1.97. The molecular weight excluding hydrogens is 600 g/mol. The molecule has 0 aliphatic rings. The quantitative estimate of drug-likeness (QED) is 0.0691. The first-order valence-corrected chi connectivity index (χ1v) is 20.1. The van der Waals surface area contributed by atoms with Gasteiger partial charge in [0.2, 0.25) is 0 Å². The van der Waals surface area contributed by atoms with E-state index < -0.39 is 0 Å². The number of Topliss-reactive ketones (excluding diaryl/α,β-unsaturated/α-hetero) is 3. The Kier molecular flexibility index (Phi) is 74.6. The fourth-order valence-corrected chi connectivity index (χ4v) is 3.97. The van der Waals surface area contributed by atoms with Crippen LogP contribution in [0.2, 0.25) is 0 Å². The molecular formula is C42H88O6. The predicted molar refractivity (Wildman–Crippen MR) is 211 cm³/mol. The molecule has 0 unspecified atom stereocenters. The van der Waals surface area contributed by atoms with Gasteiger partial charge in [-0.05, 0) is 66.7 Å². The second-order valence-corrected chi connectivity index (χ2v) is 13.2. The van der Waals surface area contributed by atoms with Crippen LogP contribution in [-0.2, 0) is 19.2 Å². The van der Waals surface area contributed by atoms with E-state index in [9.17, 15) is 19.2 Å². The van der Waals surface area contributed by atoms with Crippen molar-refractivity contribution in [3.63, 3.8) is 0 Å². The average molecular weight is 689 g/mol. The molecule has 0 radical (unpaired) electrons. The molecule has 0 bridgehead atoms. The van der Waals surface area contributed by atoms with Crippen molar-refractivity contribution in [2.45, 2.75) is 242 Å². The number of aliphatic hydroxyl groups excluding tert-OH is 2. The molecule has 0 saturated carbocycles. The number of aldehydes is 1. The fourth-order valence-electron chi connectivity index (χ4n) is 3.97. The number of ketones is 3. The highest BCUT2D eigenvalue weighted by atomic mass is 16.3. The molecule has 0 spiro atoms. The van der Waals surface area contributed by atoms with Crippen molar-refractivity contribution in [2.75, 3.05) is 6.61 Å². The van der Waals surface area contributed by atoms with Gasteiger partial charge in [-0.3, -0.25) is 4.79 Å². The smallest absolute Gasteiger partial charge is 0.132 e. The third kappa shape index (κ3) is 111. The molecule has 0 saturated heterocycles. The zero-order valence-corrected chi connectivity index (χ0v) is 34.3. The number of hydrogen-bond acceptors (Lipinski definition) is 6. The summed E-state index contributed by atoms with van der Waals surface area (Å²) in [6, 6.07) is 0. The summed E-state index contributed by atoms with van der Waals surface area (Å²) in [7, 11) is 0. The van der Waals surface area contributed by atoms with Gasteiger partial charge in [0, 0.05) is 38.4 Å². The highest BCUT2D eigenvalue weighted by Gasteiger charge is 2.01. The van der Waals surface area contributed by atoms with Crippen LogP contribution in [-0.4, -0.2) is 46.6 Å². The van der Waals surface area contributed by atoms with Gasteiger partial charge in [-0.2, -0.15) is 0 Å². The van der Waals surface area contributed by atoms with E-state index in [1.165, 1.54) is 123 Å². The molecule has 0 fully saturated rings. The minimum Gasteiger partial charge on any atom is -0.396 e. The Bertz CT molecular complexity index is 562. The summed E-state index contributed by atoms with van der Waals surface area (Å²) in [4.78, 5) is 41.1. The topological polar surface area (TPSA) is 109 Å². The summed E-state index contributed by atoms with van der Waals surface area (Å²) in [5, 5.41) is 16.3. The van der Waals surface area contributed by atoms with Gasteiger partial charge >= 0.3 is 0 Å². The normalized spacial score (nSPS) is 9.52. The van der Waals surface area contributed by atoms with E-state index in [1.807, 2.05) is 0 Å². The summed E-state index contributed by atoms with van der Waals surface area (Å²) >= 11 is 0. The van der Waals surface area contributed by atoms with Crippen LogP contribution in [0.25, 0.3) is 0 Å². The lowest BCUT2D eigenvalue weighted by atomic mass is 10.0. The van der Waals surface area contributed by atoms with E-state index in [2.05, 4.69) is 34.6 Å². The van der Waals surface area contributed by atoms with Crippen molar-refractivity contribution in [3.8, 4) is 0 Å². The molecule has 0 heterocycles. The van der Waals surface area contributed by atoms with Crippen LogP contribution in [0.15, 0.2) is 0 Å². The summed E-state index contributed by atoms with van der Waals surface area (Å²) in [6.45, 7) is 19.5. The zero-order chi connectivity index (χ0) is 38.1. The highest BCUT2D eigenvalue weighted by molar-refractivity contribution is 5.78. The molecule has 0 atom stereocenters. The van der Waals surface area contributed by atoms with E-state index in [0.29, 0.717) is 18.2 Å². The van der Waals surface area contributed by atoms with Crippen LogP contribution in [0.5, 0.6) is 0 Å². The second-order valence-electron chi connectivity index (χ2n) is 13.2. The van der Waals surface area contributed by atoms with Crippen LogP contribution in [0, 0.1) is 0 Å². The van der Waals surface area contributed by atoms with Gasteiger partial charge in [0.05, 0.1) is 0 Å². The Balaban J connectivity index is -0.000000119. The number of carbonyl (C=O) groups is 4. The highest BCUT2D eigenvalue weighted by Crippen LogP contribution is 2.10. The molecule has 6 heteroatoms. The van der Waals surface area contributed by atoms with Crippen molar-refractivity contribution in [3.05, 3.63) is 0 Å². The van der Waals surface area contributed by atoms with Crippen molar-refractivity contribution < 1.29 is 29.4 Å². The van der Waals surface area contributed by atoms with E-state index in [0.717, 1.165) is 64.1 Å². The predicted octanol–water partition coefficient (Wildman–Crippen LogP) is 12.5. The number of carbonyl (C=O) groups excluding carboxylic acids is 4. The van der Waals surface area contributed by atoms with Crippen LogP contribution >= 0.6 is 0 Å². The summed E-state index contributed by atoms with van der Waals surface area (Å²) in [5.74, 6) is 0.990. The average Bonchev–Trinajstić information content (AvgIpc) is 3.02. The Morgan fingerprint density at radius 1 is 0.500 bits per heavy atom. The Labute approximate surface area is 301 Å². The molecule has 0 amide bonds. The van der Waals surface area contributed by atoms with Gasteiger partial charge in [-0.1, -0.05) is 144 Å². The Morgan fingerprint density at radius 2 is 0.771 bits per heavy atom. The fraction of sp³-hybridized carbons (Fsp3) is 0.905. The Morgan fingerprint density at radius 3 is 1.04 bits per heavy atom. The largest absolute Gasteiger partial charge is 0.396 e. The molecule has 292 valence electrons. The molecule has 0 aromatic carbocycles. The van der Waals surface area contributed by atoms with Crippen molar-refractivity contribution in [2.24, 2.45) is 0 Å². The van der Waals surface area contributed by atoms with Gasteiger partial charge in [-0.15, -0.1) is 0 Å². The van der Waals surface area contributed by atoms with Gasteiger partial charge < -0.3 is 24.6 Å². The maximum absolute atomic E-state index is 11.5. The summed E-state index contributed by atoms with van der Waals surface area (Å²) in [5.41, 5.74) is 0. The van der Waals surface area contributed by atoms with Crippen LogP contribution in [0.1, 0.15) is 236 Å². The van der Waals surface area contributed by atoms with Gasteiger partial charge in [0.15, 0.2) is 0 Å². The third-order valence-electron chi connectivity index (χ3n) is 6.69. The number of rotatable bonds is 26. The SMILES string of the molecule is CC(C)=O.CC(C)O.CCCCCC=O.CCCCCCCC(=O)CCCCCCC.CCCCCCCC(C)=O.CCCCCCO. The van der Waals surface area contributed by atoms with Crippen molar-refractivity contribution in [1.82, 2.24) is 0 Å². The first-order valence-electron chi connectivity index (χ1n) is 20.1. The maximum Gasteiger partial charge on any atom is 0.132 e. The monoisotopic (exact) mass is 689 g/mol. The number of unbranched alkanes of at least 4 members (excludes halogenated alkanes) is 18. The molecule has 0 aliphatic carbocycles. The van der Waals surface area contributed by atoms with Crippen LogP contribution < -0.4 is 0 Å². The van der Waals surface area contributed by atoms with Gasteiger partial charge in [-0.25, -0.2) is 0 Å². The summed E-state index contributed by atoms with van der Waals surface area (Å²) < 4.78 is 0. The van der Waals surface area contributed by atoms with Gasteiger partial charge in [0.1, 0.15) is 23.6 Å². The van der Waals surface area contributed by atoms with Gasteiger partial charge in [0.25, 0.3) is 0 Å². The van der Waals surface area contributed by atoms with E-state index in [4.69, 9.17) is 10.2 Å². The number of aliphatic hydroxyl groups is 2. The zero-order valence-electron chi connectivity index (χ0n) is 34.3. The minimum atomic E-state index is -0.167. The van der Waals surface area contributed by atoms with Crippen LogP contribution in [0.3, 0.4) is 0 Å².